The second-order valence-corrected chi connectivity index (χ2v) is 7.61. The molecule has 0 saturated heterocycles. The van der Waals surface area contributed by atoms with Crippen LogP contribution in [-0.2, 0) is 10.0 Å². The molecular weight excluding hydrogens is 364 g/mol. The summed E-state index contributed by atoms with van der Waals surface area (Å²) in [5.74, 6) is -0.969. The summed E-state index contributed by atoms with van der Waals surface area (Å²) in [5, 5.41) is 0. The maximum absolute atomic E-state index is 12.7. The number of anilines is 2. The maximum Gasteiger partial charge on any atom is 0.266 e. The molecule has 1 N–H and O–H groups in total. The van der Waals surface area contributed by atoms with Gasteiger partial charge in [0.2, 0.25) is 0 Å². The van der Waals surface area contributed by atoms with Crippen LogP contribution in [0.1, 0.15) is 20.7 Å². The first-order valence-electron chi connectivity index (χ1n) is 8.14. The molecular formula is C20H14N2O4S. The zero-order chi connectivity index (χ0) is 19.0. The van der Waals surface area contributed by atoms with E-state index in [0.29, 0.717) is 11.1 Å². The highest BCUT2D eigenvalue weighted by Gasteiger charge is 2.37. The second-order valence-electron chi connectivity index (χ2n) is 5.93. The van der Waals surface area contributed by atoms with Crippen LogP contribution in [0.4, 0.5) is 11.4 Å². The number of fused-ring (bicyclic) bond motifs is 1. The molecule has 6 nitrogen and oxygen atoms in total. The van der Waals surface area contributed by atoms with E-state index in [1.54, 1.807) is 54.6 Å². The standard InChI is InChI=1S/C20H14N2O4S/c23-19-15-10-4-5-11-16(15)20(24)22(19)18-13-7-6-12-17(18)21-27(25,26)14-8-2-1-3-9-14/h1-13,21H. The molecule has 7 heteroatoms. The van der Waals surface area contributed by atoms with Crippen molar-refractivity contribution in [2.24, 2.45) is 0 Å². The molecule has 0 saturated carbocycles. The van der Waals surface area contributed by atoms with E-state index >= 15 is 0 Å². The van der Waals surface area contributed by atoms with Gasteiger partial charge in [-0.2, -0.15) is 0 Å². The molecule has 3 aromatic carbocycles. The van der Waals surface area contributed by atoms with Crippen molar-refractivity contribution >= 4 is 33.2 Å². The van der Waals surface area contributed by atoms with Gasteiger partial charge < -0.3 is 0 Å². The number of nitrogens with one attached hydrogen (secondary N) is 1. The summed E-state index contributed by atoms with van der Waals surface area (Å²) in [4.78, 5) is 26.5. The molecule has 3 aromatic rings. The van der Waals surface area contributed by atoms with Crippen LogP contribution in [-0.4, -0.2) is 20.2 Å². The second kappa shape index (κ2) is 6.37. The third-order valence-electron chi connectivity index (χ3n) is 4.24. The number of nitrogens with zero attached hydrogens (tertiary/aromatic N) is 1. The highest BCUT2D eigenvalue weighted by Crippen LogP contribution is 2.34. The highest BCUT2D eigenvalue weighted by atomic mass is 32.2. The molecule has 4 rings (SSSR count). The number of imide groups is 1. The Kier molecular flexibility index (Phi) is 4.01. The largest absolute Gasteiger partial charge is 0.277 e. The summed E-state index contributed by atoms with van der Waals surface area (Å²) in [6.07, 6.45) is 0. The summed E-state index contributed by atoms with van der Waals surface area (Å²) >= 11 is 0. The molecule has 0 spiro atoms. The Morgan fingerprint density at radius 1 is 0.667 bits per heavy atom. The van der Waals surface area contributed by atoms with Crippen molar-refractivity contribution in [3.8, 4) is 0 Å². The first-order valence-corrected chi connectivity index (χ1v) is 9.62. The van der Waals surface area contributed by atoms with Gasteiger partial charge in [-0.15, -0.1) is 0 Å². The van der Waals surface area contributed by atoms with E-state index in [9.17, 15) is 18.0 Å². The van der Waals surface area contributed by atoms with Crippen LogP contribution in [0.2, 0.25) is 0 Å². The van der Waals surface area contributed by atoms with Crippen molar-refractivity contribution in [2.45, 2.75) is 4.90 Å². The normalized spacial score (nSPS) is 13.6. The third-order valence-corrected chi connectivity index (χ3v) is 5.62. The number of amides is 2. The Balaban J connectivity index is 1.76. The lowest BCUT2D eigenvalue weighted by atomic mass is 10.1. The predicted octanol–water partition coefficient (Wildman–Crippen LogP) is 3.29. The van der Waals surface area contributed by atoms with Crippen molar-refractivity contribution < 1.29 is 18.0 Å². The Morgan fingerprint density at radius 3 is 1.81 bits per heavy atom. The van der Waals surface area contributed by atoms with Crippen LogP contribution >= 0.6 is 0 Å². The van der Waals surface area contributed by atoms with Crippen LogP contribution in [0.3, 0.4) is 0 Å². The van der Waals surface area contributed by atoms with Gasteiger partial charge in [-0.1, -0.05) is 42.5 Å². The molecule has 27 heavy (non-hydrogen) atoms. The van der Waals surface area contributed by atoms with Gasteiger partial charge in [0.15, 0.2) is 0 Å². The van der Waals surface area contributed by atoms with Crippen molar-refractivity contribution in [1.82, 2.24) is 0 Å². The molecule has 1 aliphatic heterocycles. The minimum atomic E-state index is -3.87. The Hall–Kier alpha value is -3.45. The van der Waals surface area contributed by atoms with Gasteiger partial charge in [0, 0.05) is 0 Å². The van der Waals surface area contributed by atoms with Crippen molar-refractivity contribution in [3.63, 3.8) is 0 Å². The number of carbonyl (C=O) groups is 2. The topological polar surface area (TPSA) is 83.6 Å². The Bertz CT molecular complexity index is 1120. The first kappa shape index (κ1) is 17.0. The molecule has 134 valence electrons. The molecule has 0 atom stereocenters. The third kappa shape index (κ3) is 2.88. The maximum atomic E-state index is 12.7. The van der Waals surface area contributed by atoms with E-state index in [0.717, 1.165) is 4.90 Å². The minimum absolute atomic E-state index is 0.0853. The average molecular weight is 378 g/mol. The molecule has 1 aliphatic rings. The van der Waals surface area contributed by atoms with E-state index in [4.69, 9.17) is 0 Å². The molecule has 0 radical (unpaired) electrons. The lowest BCUT2D eigenvalue weighted by Crippen LogP contribution is -2.30. The smallest absolute Gasteiger partial charge is 0.266 e. The number of carbonyl (C=O) groups excluding carboxylic acids is 2. The minimum Gasteiger partial charge on any atom is -0.277 e. The molecule has 2 amide bonds. The highest BCUT2D eigenvalue weighted by molar-refractivity contribution is 7.92. The van der Waals surface area contributed by atoms with Crippen LogP contribution in [0, 0.1) is 0 Å². The van der Waals surface area contributed by atoms with Gasteiger partial charge in [-0.3, -0.25) is 14.3 Å². The number of benzene rings is 3. The van der Waals surface area contributed by atoms with E-state index in [1.807, 2.05) is 0 Å². The molecule has 0 fully saturated rings. The summed E-state index contributed by atoms with van der Waals surface area (Å²) in [5.41, 5.74) is 0.922. The van der Waals surface area contributed by atoms with Crippen LogP contribution in [0.5, 0.6) is 0 Å². The summed E-state index contributed by atoms with van der Waals surface area (Å²) < 4.78 is 27.8. The monoisotopic (exact) mass is 378 g/mol. The summed E-state index contributed by atoms with van der Waals surface area (Å²) in [7, 11) is -3.87. The number of rotatable bonds is 4. The van der Waals surface area contributed by atoms with Crippen LogP contribution in [0.15, 0.2) is 83.8 Å². The molecule has 0 bridgehead atoms. The van der Waals surface area contributed by atoms with Crippen LogP contribution < -0.4 is 9.62 Å². The Labute approximate surface area is 156 Å². The number of hydrogen-bond donors (Lipinski definition) is 1. The zero-order valence-corrected chi connectivity index (χ0v) is 14.8. The van der Waals surface area contributed by atoms with Gasteiger partial charge in [-0.25, -0.2) is 13.3 Å². The number of sulfonamides is 1. The van der Waals surface area contributed by atoms with E-state index < -0.39 is 21.8 Å². The molecule has 0 unspecified atom stereocenters. The van der Waals surface area contributed by atoms with Crippen LogP contribution in [0.25, 0.3) is 0 Å². The fraction of sp³-hybridized carbons (Fsp3) is 0. The lowest BCUT2D eigenvalue weighted by molar-refractivity contribution is 0.0926. The zero-order valence-electron chi connectivity index (χ0n) is 14.0. The van der Waals surface area contributed by atoms with E-state index in [-0.39, 0.29) is 16.3 Å². The van der Waals surface area contributed by atoms with Gasteiger partial charge >= 0.3 is 0 Å². The van der Waals surface area contributed by atoms with Gasteiger partial charge in [0.1, 0.15) is 0 Å². The fourth-order valence-corrected chi connectivity index (χ4v) is 4.06. The van der Waals surface area contributed by atoms with Crippen molar-refractivity contribution in [1.29, 1.82) is 0 Å². The summed E-state index contributed by atoms with van der Waals surface area (Å²) in [6, 6.07) is 20.7. The predicted molar refractivity (Wildman–Crippen MR) is 101 cm³/mol. The Morgan fingerprint density at radius 2 is 1.19 bits per heavy atom. The van der Waals surface area contributed by atoms with E-state index in [1.165, 1.54) is 24.3 Å². The summed E-state index contributed by atoms with van der Waals surface area (Å²) in [6.45, 7) is 0. The molecule has 0 aliphatic carbocycles. The van der Waals surface area contributed by atoms with Gasteiger partial charge in [0.25, 0.3) is 21.8 Å². The quantitative estimate of drug-likeness (QED) is 0.706. The molecule has 0 aromatic heterocycles. The van der Waals surface area contributed by atoms with E-state index in [2.05, 4.69) is 4.72 Å². The van der Waals surface area contributed by atoms with Crippen molar-refractivity contribution in [2.75, 3.05) is 9.62 Å². The fourth-order valence-electron chi connectivity index (χ4n) is 2.97. The average Bonchev–Trinajstić information content (AvgIpc) is 2.94. The number of hydrogen-bond acceptors (Lipinski definition) is 4. The lowest BCUT2D eigenvalue weighted by Gasteiger charge is -2.19. The first-order chi connectivity index (χ1) is 13.0. The molecule has 1 heterocycles. The SMILES string of the molecule is O=C1c2ccccc2C(=O)N1c1ccccc1NS(=O)(=O)c1ccccc1. The van der Waals surface area contributed by atoms with Crippen molar-refractivity contribution in [3.05, 3.63) is 90.0 Å². The van der Waals surface area contributed by atoms with Gasteiger partial charge in [0.05, 0.1) is 27.4 Å². The number of para-hydroxylation sites is 2. The van der Waals surface area contributed by atoms with Gasteiger partial charge in [-0.05, 0) is 36.4 Å².